The number of aromatic nitrogens is 1. The summed E-state index contributed by atoms with van der Waals surface area (Å²) in [6.07, 6.45) is 2.80. The molecule has 0 aliphatic heterocycles. The fourth-order valence-corrected chi connectivity index (χ4v) is 1.10. The Bertz CT molecular complexity index is 316. The van der Waals surface area contributed by atoms with Crippen LogP contribution in [0.15, 0.2) is 18.3 Å². The van der Waals surface area contributed by atoms with Crippen LogP contribution in [-0.2, 0) is 6.54 Å². The largest absolute Gasteiger partial charge is 0.310 e. The summed E-state index contributed by atoms with van der Waals surface area (Å²) in [5, 5.41) is 3.29. The summed E-state index contributed by atoms with van der Waals surface area (Å²) < 4.78 is 0. The first-order chi connectivity index (χ1) is 6.83. The number of aryl methyl sites for hydroxylation is 1. The van der Waals surface area contributed by atoms with E-state index < -0.39 is 0 Å². The Morgan fingerprint density at radius 3 is 2.93 bits per heavy atom. The Morgan fingerprint density at radius 1 is 1.43 bits per heavy atom. The number of hydrogen-bond acceptors (Lipinski definition) is 2. The van der Waals surface area contributed by atoms with Gasteiger partial charge >= 0.3 is 0 Å². The first kappa shape index (κ1) is 10.7. The van der Waals surface area contributed by atoms with Gasteiger partial charge in [-0.3, -0.25) is 4.98 Å². The summed E-state index contributed by atoms with van der Waals surface area (Å²) in [6.45, 7) is 5.66. The number of hydrogen-bond donors (Lipinski definition) is 1. The molecule has 1 aromatic heterocycles. The molecule has 2 heteroatoms. The monoisotopic (exact) mass is 188 g/mol. The van der Waals surface area contributed by atoms with Gasteiger partial charge in [0.25, 0.3) is 0 Å². The Labute approximate surface area is 85.8 Å². The minimum Gasteiger partial charge on any atom is -0.310 e. The van der Waals surface area contributed by atoms with E-state index in [1.54, 1.807) is 0 Å². The van der Waals surface area contributed by atoms with Crippen LogP contribution in [0.4, 0.5) is 0 Å². The summed E-state index contributed by atoms with van der Waals surface area (Å²) in [5.74, 6) is 5.88. The van der Waals surface area contributed by atoms with Crippen LogP contribution in [0.1, 0.15) is 24.6 Å². The second-order valence-electron chi connectivity index (χ2n) is 3.18. The number of pyridine rings is 1. The molecule has 0 aliphatic rings. The van der Waals surface area contributed by atoms with Crippen LogP contribution in [0, 0.1) is 18.8 Å². The van der Waals surface area contributed by atoms with Crippen molar-refractivity contribution >= 4 is 0 Å². The molecule has 1 heterocycles. The molecule has 0 atom stereocenters. The van der Waals surface area contributed by atoms with Crippen LogP contribution in [-0.4, -0.2) is 11.5 Å². The summed E-state index contributed by atoms with van der Waals surface area (Å²) in [4.78, 5) is 4.30. The maximum absolute atomic E-state index is 4.30. The minimum absolute atomic E-state index is 0.825. The van der Waals surface area contributed by atoms with E-state index in [9.17, 15) is 0 Å². The maximum Gasteiger partial charge on any atom is 0.0541 e. The fourth-order valence-electron chi connectivity index (χ4n) is 1.10. The van der Waals surface area contributed by atoms with Gasteiger partial charge in [-0.2, -0.15) is 0 Å². The molecule has 0 unspecified atom stereocenters. The summed E-state index contributed by atoms with van der Waals surface area (Å²) in [6, 6.07) is 4.13. The highest BCUT2D eigenvalue weighted by Gasteiger charge is 1.92. The van der Waals surface area contributed by atoms with Crippen LogP contribution in [0.3, 0.4) is 0 Å². The van der Waals surface area contributed by atoms with Crippen molar-refractivity contribution in [2.45, 2.75) is 26.8 Å². The molecule has 0 radical (unpaired) electrons. The van der Waals surface area contributed by atoms with Crippen molar-refractivity contribution in [1.82, 2.24) is 10.3 Å². The molecule has 0 saturated carbocycles. The molecule has 0 fully saturated rings. The number of rotatable bonds is 4. The lowest BCUT2D eigenvalue weighted by molar-refractivity contribution is 0.687. The van der Waals surface area contributed by atoms with Gasteiger partial charge in [-0.15, -0.1) is 11.8 Å². The lowest BCUT2D eigenvalue weighted by atomic mass is 10.3. The van der Waals surface area contributed by atoms with Crippen LogP contribution >= 0.6 is 0 Å². The van der Waals surface area contributed by atoms with Crippen molar-refractivity contribution in [2.75, 3.05) is 6.54 Å². The molecule has 0 aliphatic carbocycles. The van der Waals surface area contributed by atoms with Gasteiger partial charge in [0.1, 0.15) is 0 Å². The maximum atomic E-state index is 4.30. The molecule has 1 aromatic rings. The standard InChI is InChI=1S/C12H16N2/c1-3-4-5-8-13-10-12-7-6-11(2)9-14-12/h6-7,9,13H,5,8,10H2,1-2H3. The van der Waals surface area contributed by atoms with Gasteiger partial charge in [0.05, 0.1) is 5.69 Å². The average Bonchev–Trinajstić information content (AvgIpc) is 2.21. The summed E-state index contributed by atoms with van der Waals surface area (Å²) in [7, 11) is 0. The molecule has 1 N–H and O–H groups in total. The molecule has 0 aromatic carbocycles. The van der Waals surface area contributed by atoms with E-state index in [0.29, 0.717) is 0 Å². The van der Waals surface area contributed by atoms with Gasteiger partial charge in [0, 0.05) is 25.7 Å². The van der Waals surface area contributed by atoms with Crippen molar-refractivity contribution < 1.29 is 0 Å². The van der Waals surface area contributed by atoms with Gasteiger partial charge in [0.15, 0.2) is 0 Å². The van der Waals surface area contributed by atoms with Crippen molar-refractivity contribution in [2.24, 2.45) is 0 Å². The molecular weight excluding hydrogens is 172 g/mol. The zero-order chi connectivity index (χ0) is 10.2. The van der Waals surface area contributed by atoms with Gasteiger partial charge in [-0.1, -0.05) is 6.07 Å². The molecule has 0 amide bonds. The number of nitrogens with zero attached hydrogens (tertiary/aromatic N) is 1. The van der Waals surface area contributed by atoms with Crippen LogP contribution in [0.5, 0.6) is 0 Å². The highest BCUT2D eigenvalue weighted by atomic mass is 14.9. The Morgan fingerprint density at radius 2 is 2.29 bits per heavy atom. The molecule has 74 valence electrons. The molecule has 0 saturated heterocycles. The zero-order valence-electron chi connectivity index (χ0n) is 8.80. The van der Waals surface area contributed by atoms with Crippen LogP contribution in [0.25, 0.3) is 0 Å². The Kier molecular flexibility index (Phi) is 4.74. The normalized spacial score (nSPS) is 9.29. The summed E-state index contributed by atoms with van der Waals surface area (Å²) >= 11 is 0. The van der Waals surface area contributed by atoms with Crippen LogP contribution in [0.2, 0.25) is 0 Å². The van der Waals surface area contributed by atoms with E-state index in [1.807, 2.05) is 26.1 Å². The molecule has 0 bridgehead atoms. The van der Waals surface area contributed by atoms with E-state index in [0.717, 1.165) is 25.2 Å². The third-order valence-corrected chi connectivity index (χ3v) is 1.88. The third-order valence-electron chi connectivity index (χ3n) is 1.88. The van der Waals surface area contributed by atoms with Crippen molar-refractivity contribution in [3.05, 3.63) is 29.6 Å². The number of nitrogens with one attached hydrogen (secondary N) is 1. The van der Waals surface area contributed by atoms with E-state index in [2.05, 4.69) is 28.2 Å². The highest BCUT2D eigenvalue weighted by Crippen LogP contribution is 1.97. The molecule has 0 spiro atoms. The fraction of sp³-hybridized carbons (Fsp3) is 0.417. The predicted molar refractivity (Wildman–Crippen MR) is 58.7 cm³/mol. The van der Waals surface area contributed by atoms with E-state index in [4.69, 9.17) is 0 Å². The average molecular weight is 188 g/mol. The van der Waals surface area contributed by atoms with E-state index in [1.165, 1.54) is 5.56 Å². The Balaban J connectivity index is 2.23. The predicted octanol–water partition coefficient (Wildman–Crippen LogP) is 1.89. The second-order valence-corrected chi connectivity index (χ2v) is 3.18. The van der Waals surface area contributed by atoms with Crippen LogP contribution < -0.4 is 5.32 Å². The van der Waals surface area contributed by atoms with Gasteiger partial charge in [-0.05, 0) is 25.5 Å². The van der Waals surface area contributed by atoms with Gasteiger partial charge < -0.3 is 5.32 Å². The van der Waals surface area contributed by atoms with E-state index >= 15 is 0 Å². The van der Waals surface area contributed by atoms with Gasteiger partial charge in [0.2, 0.25) is 0 Å². The van der Waals surface area contributed by atoms with Crippen molar-refractivity contribution in [3.63, 3.8) is 0 Å². The molecule has 1 rings (SSSR count). The third kappa shape index (κ3) is 4.06. The minimum atomic E-state index is 0.825. The lowest BCUT2D eigenvalue weighted by Gasteiger charge is -2.01. The highest BCUT2D eigenvalue weighted by molar-refractivity contribution is 5.11. The molecule has 2 nitrogen and oxygen atoms in total. The summed E-state index contributed by atoms with van der Waals surface area (Å²) in [5.41, 5.74) is 2.28. The molecular formula is C12H16N2. The SMILES string of the molecule is CC#CCCNCc1ccc(C)cn1. The second kappa shape index (κ2) is 6.17. The van der Waals surface area contributed by atoms with E-state index in [-0.39, 0.29) is 0 Å². The lowest BCUT2D eigenvalue weighted by Crippen LogP contribution is -2.14. The quantitative estimate of drug-likeness (QED) is 0.576. The van der Waals surface area contributed by atoms with Gasteiger partial charge in [-0.25, -0.2) is 0 Å². The topological polar surface area (TPSA) is 24.9 Å². The first-order valence-electron chi connectivity index (χ1n) is 4.85. The Hall–Kier alpha value is -1.33. The first-order valence-corrected chi connectivity index (χ1v) is 4.85. The van der Waals surface area contributed by atoms with Crippen molar-refractivity contribution in [1.29, 1.82) is 0 Å². The van der Waals surface area contributed by atoms with Crippen molar-refractivity contribution in [3.8, 4) is 11.8 Å². The smallest absolute Gasteiger partial charge is 0.0541 e. The zero-order valence-corrected chi connectivity index (χ0v) is 8.80. The molecule has 14 heavy (non-hydrogen) atoms.